The van der Waals surface area contributed by atoms with E-state index in [4.69, 9.17) is 16.9 Å². The molecule has 1 aromatic heterocycles. The summed E-state index contributed by atoms with van der Waals surface area (Å²) in [6, 6.07) is 9.50. The lowest BCUT2D eigenvalue weighted by Gasteiger charge is -1.96. The Balaban J connectivity index is 2.30. The number of benzene rings is 1. The highest BCUT2D eigenvalue weighted by Gasteiger charge is 2.02. The summed E-state index contributed by atoms with van der Waals surface area (Å²) in [4.78, 5) is 7.17. The van der Waals surface area contributed by atoms with Crippen LogP contribution in [-0.2, 0) is 6.42 Å². The molecule has 0 saturated carbocycles. The van der Waals surface area contributed by atoms with E-state index in [-0.39, 0.29) is 0 Å². The van der Waals surface area contributed by atoms with Crippen LogP contribution in [0, 0.1) is 11.3 Å². The maximum atomic E-state index is 8.51. The minimum Gasteiger partial charge on any atom is -0.341 e. The number of aromatic amines is 1. The predicted octanol–water partition coefficient (Wildman–Crippen LogP) is 2.80. The normalized spacial score (nSPS) is 9.87. The van der Waals surface area contributed by atoms with Crippen molar-refractivity contribution < 1.29 is 0 Å². The minimum atomic E-state index is 0.299. The van der Waals surface area contributed by atoms with Crippen molar-refractivity contribution in [2.75, 3.05) is 0 Å². The zero-order valence-electron chi connectivity index (χ0n) is 7.87. The average molecular weight is 218 g/mol. The zero-order valence-corrected chi connectivity index (χ0v) is 8.62. The van der Waals surface area contributed by atoms with Crippen LogP contribution < -0.4 is 0 Å². The minimum absolute atomic E-state index is 0.299. The number of H-pyrrole nitrogens is 1. The fraction of sp³-hybridized carbons (Fsp3) is 0.0909. The van der Waals surface area contributed by atoms with Gasteiger partial charge in [-0.1, -0.05) is 23.7 Å². The topological polar surface area (TPSA) is 52.5 Å². The molecule has 0 unspecified atom stereocenters. The van der Waals surface area contributed by atoms with Gasteiger partial charge in [0.05, 0.1) is 24.4 Å². The Morgan fingerprint density at radius 2 is 2.07 bits per heavy atom. The Morgan fingerprint density at radius 1 is 1.33 bits per heavy atom. The predicted molar refractivity (Wildman–Crippen MR) is 58.4 cm³/mol. The first kappa shape index (κ1) is 9.75. The van der Waals surface area contributed by atoms with Crippen LogP contribution in [0.4, 0.5) is 0 Å². The number of aromatic nitrogens is 2. The Bertz CT molecular complexity index is 493. The van der Waals surface area contributed by atoms with Gasteiger partial charge >= 0.3 is 0 Å². The Labute approximate surface area is 92.3 Å². The molecule has 0 bridgehead atoms. The van der Waals surface area contributed by atoms with E-state index in [9.17, 15) is 0 Å². The quantitative estimate of drug-likeness (QED) is 0.841. The van der Waals surface area contributed by atoms with E-state index in [1.807, 2.05) is 30.3 Å². The number of nitriles is 1. The van der Waals surface area contributed by atoms with Crippen LogP contribution in [0.1, 0.15) is 5.82 Å². The second-order valence-corrected chi connectivity index (χ2v) is 3.52. The van der Waals surface area contributed by atoms with Gasteiger partial charge in [-0.25, -0.2) is 4.98 Å². The van der Waals surface area contributed by atoms with Gasteiger partial charge in [-0.15, -0.1) is 0 Å². The molecule has 15 heavy (non-hydrogen) atoms. The first-order valence-electron chi connectivity index (χ1n) is 4.46. The second kappa shape index (κ2) is 4.16. The third-order valence-corrected chi connectivity index (χ3v) is 2.28. The summed E-state index contributed by atoms with van der Waals surface area (Å²) in [6.45, 7) is 0. The van der Waals surface area contributed by atoms with Gasteiger partial charge < -0.3 is 4.98 Å². The van der Waals surface area contributed by atoms with Gasteiger partial charge in [0.25, 0.3) is 0 Å². The second-order valence-electron chi connectivity index (χ2n) is 3.09. The Kier molecular flexibility index (Phi) is 2.70. The lowest BCUT2D eigenvalue weighted by atomic mass is 10.2. The maximum Gasteiger partial charge on any atom is 0.120 e. The van der Waals surface area contributed by atoms with E-state index in [2.05, 4.69) is 9.97 Å². The smallest absolute Gasteiger partial charge is 0.120 e. The SMILES string of the molecule is N#CCc1ncc(-c2ccc(Cl)cc2)[nH]1. The summed E-state index contributed by atoms with van der Waals surface area (Å²) < 4.78 is 0. The zero-order chi connectivity index (χ0) is 10.7. The highest BCUT2D eigenvalue weighted by Crippen LogP contribution is 2.19. The number of halogens is 1. The molecule has 0 spiro atoms. The molecule has 0 amide bonds. The highest BCUT2D eigenvalue weighted by atomic mass is 35.5. The molecule has 0 saturated heterocycles. The lowest BCUT2D eigenvalue weighted by molar-refractivity contribution is 1.06. The van der Waals surface area contributed by atoms with Crippen LogP contribution in [0.5, 0.6) is 0 Å². The summed E-state index contributed by atoms with van der Waals surface area (Å²) >= 11 is 5.79. The van der Waals surface area contributed by atoms with Crippen molar-refractivity contribution in [1.82, 2.24) is 9.97 Å². The molecule has 0 fully saturated rings. The van der Waals surface area contributed by atoms with Gasteiger partial charge in [0, 0.05) is 5.02 Å². The molecule has 2 rings (SSSR count). The van der Waals surface area contributed by atoms with Gasteiger partial charge in [0.1, 0.15) is 5.82 Å². The van der Waals surface area contributed by atoms with Crippen LogP contribution in [0.15, 0.2) is 30.5 Å². The van der Waals surface area contributed by atoms with Crippen LogP contribution in [0.25, 0.3) is 11.3 Å². The third kappa shape index (κ3) is 2.17. The standard InChI is InChI=1S/C11H8ClN3/c12-9-3-1-8(2-4-9)10-7-14-11(15-10)5-6-13/h1-4,7H,5H2,(H,14,15). The lowest BCUT2D eigenvalue weighted by Crippen LogP contribution is -1.83. The van der Waals surface area contributed by atoms with Crippen molar-refractivity contribution in [3.05, 3.63) is 41.3 Å². The van der Waals surface area contributed by atoms with Gasteiger partial charge in [-0.2, -0.15) is 5.26 Å². The van der Waals surface area contributed by atoms with Crippen molar-refractivity contribution in [1.29, 1.82) is 5.26 Å². The van der Waals surface area contributed by atoms with Crippen molar-refractivity contribution in [3.63, 3.8) is 0 Å². The van der Waals surface area contributed by atoms with E-state index >= 15 is 0 Å². The Morgan fingerprint density at radius 3 is 2.73 bits per heavy atom. The number of hydrogen-bond donors (Lipinski definition) is 1. The van der Waals surface area contributed by atoms with E-state index in [0.29, 0.717) is 17.3 Å². The van der Waals surface area contributed by atoms with Crippen LogP contribution in [0.2, 0.25) is 5.02 Å². The molecule has 0 atom stereocenters. The summed E-state index contributed by atoms with van der Waals surface area (Å²) in [7, 11) is 0. The number of hydrogen-bond acceptors (Lipinski definition) is 2. The fourth-order valence-corrected chi connectivity index (χ4v) is 1.43. The first-order valence-corrected chi connectivity index (χ1v) is 4.84. The molecule has 74 valence electrons. The van der Waals surface area contributed by atoms with Crippen LogP contribution in [-0.4, -0.2) is 9.97 Å². The molecule has 1 N–H and O–H groups in total. The third-order valence-electron chi connectivity index (χ3n) is 2.03. The van der Waals surface area contributed by atoms with Crippen molar-refractivity contribution in [3.8, 4) is 17.3 Å². The molecule has 1 heterocycles. The Hall–Kier alpha value is -1.79. The van der Waals surface area contributed by atoms with Gasteiger partial charge in [-0.05, 0) is 17.7 Å². The molecular weight excluding hydrogens is 210 g/mol. The molecule has 1 aromatic carbocycles. The largest absolute Gasteiger partial charge is 0.341 e. The number of nitrogens with zero attached hydrogens (tertiary/aromatic N) is 2. The van der Waals surface area contributed by atoms with E-state index in [0.717, 1.165) is 11.3 Å². The van der Waals surface area contributed by atoms with Crippen molar-refractivity contribution in [2.45, 2.75) is 6.42 Å². The molecule has 0 aliphatic heterocycles. The number of nitrogens with one attached hydrogen (secondary N) is 1. The molecular formula is C11H8ClN3. The monoisotopic (exact) mass is 217 g/mol. The van der Waals surface area contributed by atoms with E-state index in [1.165, 1.54) is 0 Å². The van der Waals surface area contributed by atoms with E-state index in [1.54, 1.807) is 6.20 Å². The van der Waals surface area contributed by atoms with E-state index < -0.39 is 0 Å². The number of imidazole rings is 1. The van der Waals surface area contributed by atoms with Gasteiger partial charge in [0.2, 0.25) is 0 Å². The van der Waals surface area contributed by atoms with Gasteiger partial charge in [-0.3, -0.25) is 0 Å². The molecule has 0 radical (unpaired) electrons. The molecule has 0 aliphatic carbocycles. The maximum absolute atomic E-state index is 8.51. The van der Waals surface area contributed by atoms with Crippen LogP contribution in [0.3, 0.4) is 0 Å². The summed E-state index contributed by atoms with van der Waals surface area (Å²) in [5, 5.41) is 9.21. The summed E-state index contributed by atoms with van der Waals surface area (Å²) in [5.41, 5.74) is 1.91. The fourth-order valence-electron chi connectivity index (χ4n) is 1.30. The van der Waals surface area contributed by atoms with Crippen molar-refractivity contribution >= 4 is 11.6 Å². The first-order chi connectivity index (χ1) is 7.29. The van der Waals surface area contributed by atoms with Crippen molar-refractivity contribution in [2.24, 2.45) is 0 Å². The number of rotatable bonds is 2. The summed E-state index contributed by atoms with van der Waals surface area (Å²) in [5.74, 6) is 0.683. The molecule has 3 nitrogen and oxygen atoms in total. The average Bonchev–Trinajstić information content (AvgIpc) is 2.68. The molecule has 0 aliphatic rings. The van der Waals surface area contributed by atoms with Gasteiger partial charge in [0.15, 0.2) is 0 Å². The summed E-state index contributed by atoms with van der Waals surface area (Å²) in [6.07, 6.45) is 2.02. The molecule has 4 heteroatoms. The molecule has 2 aromatic rings. The highest BCUT2D eigenvalue weighted by molar-refractivity contribution is 6.30. The van der Waals surface area contributed by atoms with Crippen LogP contribution >= 0.6 is 11.6 Å².